The fourth-order valence-electron chi connectivity index (χ4n) is 6.30. The summed E-state index contributed by atoms with van der Waals surface area (Å²) in [7, 11) is 1.26. The van der Waals surface area contributed by atoms with E-state index >= 15 is 0 Å². The van der Waals surface area contributed by atoms with Crippen LogP contribution in [0.3, 0.4) is 0 Å². The van der Waals surface area contributed by atoms with E-state index in [0.29, 0.717) is 0 Å². The molecular weight excluding hydrogens is 728 g/mol. The second-order valence-corrected chi connectivity index (χ2v) is 13.2. The Morgan fingerprint density at radius 2 is 1.22 bits per heavy atom. The highest BCUT2D eigenvalue weighted by Gasteiger charge is 2.48. The minimum absolute atomic E-state index is 0.0468. The van der Waals surface area contributed by atoms with Gasteiger partial charge in [-0.2, -0.15) is 0 Å². The van der Waals surface area contributed by atoms with E-state index < -0.39 is 121 Å². The lowest BCUT2D eigenvalue weighted by Crippen LogP contribution is -2.61. The summed E-state index contributed by atoms with van der Waals surface area (Å²) in [6.45, 7) is 2.22. The third-order valence-corrected chi connectivity index (χ3v) is 9.54. The van der Waals surface area contributed by atoms with Crippen molar-refractivity contribution in [2.24, 2.45) is 0 Å². The molecule has 298 valence electrons. The molecule has 3 aliphatic heterocycles. The van der Waals surface area contributed by atoms with Crippen LogP contribution in [0.4, 0.5) is 0 Å². The lowest BCUT2D eigenvalue weighted by Gasteiger charge is -2.42. The summed E-state index contributed by atoms with van der Waals surface area (Å²) in [5, 5.41) is 114. The summed E-state index contributed by atoms with van der Waals surface area (Å²) in [5.74, 6) is -2.37. The zero-order valence-electron chi connectivity index (χ0n) is 28.8. The van der Waals surface area contributed by atoms with Crippen molar-refractivity contribution in [1.82, 2.24) is 0 Å². The molecule has 0 unspecified atom stereocenters. The fourth-order valence-corrected chi connectivity index (χ4v) is 6.30. The minimum Gasteiger partial charge on any atom is -0.507 e. The van der Waals surface area contributed by atoms with Gasteiger partial charge in [-0.25, -0.2) is 0 Å². The van der Waals surface area contributed by atoms with E-state index in [1.54, 1.807) is 0 Å². The first-order valence-corrected chi connectivity index (χ1v) is 16.8. The third kappa shape index (κ3) is 7.41. The Hall–Kier alpha value is -3.87. The zero-order chi connectivity index (χ0) is 39.3. The van der Waals surface area contributed by atoms with E-state index in [2.05, 4.69) is 0 Å². The highest BCUT2D eigenvalue weighted by atomic mass is 16.7. The molecule has 0 bridgehead atoms. The minimum atomic E-state index is -2.01. The van der Waals surface area contributed by atoms with Gasteiger partial charge in [0, 0.05) is 17.7 Å². The maximum Gasteiger partial charge on any atom is 0.239 e. The molecule has 20 nitrogen and oxygen atoms in total. The number of fused-ring (bicyclic) bond motifs is 1. The maximum atomic E-state index is 14.2. The van der Waals surface area contributed by atoms with Gasteiger partial charge in [0.1, 0.15) is 83.5 Å². The second kappa shape index (κ2) is 15.7. The monoisotopic (exact) mass is 770 g/mol. The largest absolute Gasteiger partial charge is 0.507 e. The van der Waals surface area contributed by atoms with Gasteiger partial charge in [0.15, 0.2) is 23.5 Å². The SMILES string of the molecule is COc1cc(-c2oc3cc(O[C@H]4O[C@@H](C)[C@H](O)[C@H](O)[C@@H]4O)cc(O)c3c(=O)c2O[C@@H]2O[C@@H](CO[C@@H]3O[C@@H](C)[C@H](O)[C@H](O)[C@H]3O)[C@H](O)[C@H](O)[C@@H]2O)ccc1O. The Morgan fingerprint density at radius 1 is 0.648 bits per heavy atom. The highest BCUT2D eigenvalue weighted by molar-refractivity contribution is 5.88. The molecule has 15 atom stereocenters. The van der Waals surface area contributed by atoms with E-state index in [0.717, 1.165) is 12.1 Å². The quantitative estimate of drug-likeness (QED) is 0.104. The van der Waals surface area contributed by atoms with Gasteiger partial charge < -0.3 is 93.7 Å². The zero-order valence-corrected chi connectivity index (χ0v) is 28.8. The molecule has 0 saturated carbocycles. The number of phenolic OH excluding ortho intramolecular Hbond substituents is 2. The van der Waals surface area contributed by atoms with Crippen molar-refractivity contribution < 1.29 is 93.7 Å². The first kappa shape index (κ1) is 39.8. The van der Waals surface area contributed by atoms with Crippen LogP contribution >= 0.6 is 0 Å². The fraction of sp³-hybridized carbons (Fsp3) is 0.559. The first-order valence-electron chi connectivity index (χ1n) is 16.8. The lowest BCUT2D eigenvalue weighted by molar-refractivity contribution is -0.318. The van der Waals surface area contributed by atoms with Crippen LogP contribution in [-0.2, 0) is 18.9 Å². The van der Waals surface area contributed by atoms with Crippen molar-refractivity contribution in [2.45, 2.75) is 106 Å². The Balaban J connectivity index is 1.35. The molecule has 0 radical (unpaired) electrons. The Kier molecular flexibility index (Phi) is 11.6. The molecule has 0 spiro atoms. The van der Waals surface area contributed by atoms with Gasteiger partial charge in [0.05, 0.1) is 25.9 Å². The summed E-state index contributed by atoms with van der Waals surface area (Å²) < 4.78 is 44.8. The molecule has 20 heteroatoms. The summed E-state index contributed by atoms with van der Waals surface area (Å²) in [6.07, 6.45) is -23.7. The molecule has 0 aliphatic carbocycles. The summed E-state index contributed by atoms with van der Waals surface area (Å²) in [6, 6.07) is 5.91. The van der Waals surface area contributed by atoms with E-state index in [-0.39, 0.29) is 34.2 Å². The van der Waals surface area contributed by atoms with Gasteiger partial charge in [0.2, 0.25) is 23.8 Å². The normalized spacial score (nSPS) is 37.2. The van der Waals surface area contributed by atoms with Gasteiger partial charge in [-0.3, -0.25) is 4.79 Å². The summed E-state index contributed by atoms with van der Waals surface area (Å²) in [5.41, 5.74) is -1.32. The lowest BCUT2D eigenvalue weighted by atomic mass is 9.98. The predicted octanol–water partition coefficient (Wildman–Crippen LogP) is -2.88. The van der Waals surface area contributed by atoms with E-state index in [1.165, 1.54) is 39.2 Å². The van der Waals surface area contributed by atoms with Crippen LogP contribution in [0.5, 0.6) is 28.7 Å². The number of aromatic hydroxyl groups is 2. The topological polar surface area (TPSA) is 317 Å². The standard InChI is InChI=1S/C34H42O20/c1-10-20(37)24(41)27(44)32(49-10)48-9-18-22(39)26(43)29(46)34(53-18)54-31-23(40)19-15(36)7-13(51-33-28(45)25(42)21(38)11(2)50-33)8-17(19)52-30(31)12-4-5-14(35)16(6-12)47-3/h4-8,10-11,18,20-22,24-29,32-39,41-46H,9H2,1-3H3/t10-,11-,18-,20-,21-,22-,24-,25-,26-,27+,28-,29-,32+,33+,34-/m0/s1. The number of aliphatic hydroxyl groups is 9. The highest BCUT2D eigenvalue weighted by Crippen LogP contribution is 2.40. The van der Waals surface area contributed by atoms with Crippen molar-refractivity contribution in [3.8, 4) is 40.1 Å². The Bertz CT molecular complexity index is 1850. The van der Waals surface area contributed by atoms with Gasteiger partial charge >= 0.3 is 0 Å². The van der Waals surface area contributed by atoms with Crippen LogP contribution in [0.15, 0.2) is 39.5 Å². The number of phenols is 2. The first-order chi connectivity index (χ1) is 25.5. The van der Waals surface area contributed by atoms with Gasteiger partial charge in [-0.05, 0) is 32.0 Å². The number of hydrogen-bond acceptors (Lipinski definition) is 20. The smallest absolute Gasteiger partial charge is 0.239 e. The van der Waals surface area contributed by atoms with Crippen LogP contribution in [0, 0.1) is 0 Å². The van der Waals surface area contributed by atoms with Crippen LogP contribution in [-0.4, -0.2) is 162 Å². The molecule has 3 fully saturated rings. The van der Waals surface area contributed by atoms with Crippen molar-refractivity contribution in [2.75, 3.05) is 13.7 Å². The number of hydrogen-bond donors (Lipinski definition) is 11. The van der Waals surface area contributed by atoms with E-state index in [4.69, 9.17) is 37.6 Å². The van der Waals surface area contributed by atoms with Crippen molar-refractivity contribution >= 4 is 11.0 Å². The molecular formula is C34H42O20. The van der Waals surface area contributed by atoms with Crippen molar-refractivity contribution in [3.05, 3.63) is 40.6 Å². The van der Waals surface area contributed by atoms with Gasteiger partial charge in [-0.15, -0.1) is 0 Å². The third-order valence-electron chi connectivity index (χ3n) is 9.54. The number of aliphatic hydroxyl groups excluding tert-OH is 9. The van der Waals surface area contributed by atoms with Gasteiger partial charge in [-0.1, -0.05) is 0 Å². The Labute approximate surface area is 305 Å². The molecule has 1 aromatic heterocycles. The molecule has 0 amide bonds. The Morgan fingerprint density at radius 3 is 1.85 bits per heavy atom. The van der Waals surface area contributed by atoms with Crippen molar-refractivity contribution in [3.63, 3.8) is 0 Å². The molecule has 6 rings (SSSR count). The van der Waals surface area contributed by atoms with E-state index in [9.17, 15) is 61.0 Å². The van der Waals surface area contributed by atoms with Crippen LogP contribution in [0.25, 0.3) is 22.3 Å². The van der Waals surface area contributed by atoms with Crippen LogP contribution in [0.1, 0.15) is 13.8 Å². The van der Waals surface area contributed by atoms with Crippen molar-refractivity contribution in [1.29, 1.82) is 0 Å². The van der Waals surface area contributed by atoms with Gasteiger partial charge in [0.25, 0.3) is 0 Å². The van der Waals surface area contributed by atoms with E-state index in [1.807, 2.05) is 0 Å². The molecule has 3 aliphatic rings. The number of ether oxygens (including phenoxy) is 7. The summed E-state index contributed by atoms with van der Waals surface area (Å²) >= 11 is 0. The average Bonchev–Trinajstić information content (AvgIpc) is 3.14. The summed E-state index contributed by atoms with van der Waals surface area (Å²) in [4.78, 5) is 14.2. The predicted molar refractivity (Wildman–Crippen MR) is 176 cm³/mol. The maximum absolute atomic E-state index is 14.2. The molecule has 2 aromatic carbocycles. The second-order valence-electron chi connectivity index (χ2n) is 13.2. The average molecular weight is 771 g/mol. The number of methoxy groups -OCH3 is 1. The molecule has 3 saturated heterocycles. The number of rotatable bonds is 9. The van der Waals surface area contributed by atoms with Crippen LogP contribution in [0.2, 0.25) is 0 Å². The molecule has 3 aromatic rings. The number of benzene rings is 2. The molecule has 4 heterocycles. The van der Waals surface area contributed by atoms with Crippen LogP contribution < -0.4 is 19.6 Å². The molecule has 54 heavy (non-hydrogen) atoms. The molecule has 11 N–H and O–H groups in total.